The minimum Gasteiger partial charge on any atom is -0.335 e. The van der Waals surface area contributed by atoms with Gasteiger partial charge in [-0.15, -0.1) is 0 Å². The summed E-state index contributed by atoms with van der Waals surface area (Å²) in [6.07, 6.45) is 6.88. The molecule has 4 heteroatoms. The zero-order valence-corrected chi connectivity index (χ0v) is 9.22. The van der Waals surface area contributed by atoms with Gasteiger partial charge in [0.1, 0.15) is 0 Å². The van der Waals surface area contributed by atoms with Crippen molar-refractivity contribution in [2.75, 3.05) is 13.1 Å². The number of nitrogens with one attached hydrogen (secondary N) is 3. The Kier molecular flexibility index (Phi) is 3.83. The van der Waals surface area contributed by atoms with Crippen LogP contribution in [0.4, 0.5) is 4.79 Å². The summed E-state index contributed by atoms with van der Waals surface area (Å²) in [7, 11) is 0. The minimum absolute atomic E-state index is 0.0339. The van der Waals surface area contributed by atoms with E-state index in [1.54, 1.807) is 0 Å². The number of urea groups is 1. The molecule has 0 aromatic rings. The second kappa shape index (κ2) is 5.35. The average Bonchev–Trinajstić information content (AvgIpc) is 2.40. The monoisotopic (exact) mass is 211 g/mol. The Morgan fingerprint density at radius 3 is 2.27 bits per heavy atom. The molecule has 0 radical (unpaired) electrons. The second-order valence-electron chi connectivity index (χ2n) is 4.62. The molecular weight excluding hydrogens is 190 g/mol. The van der Waals surface area contributed by atoms with E-state index in [9.17, 15) is 4.79 Å². The summed E-state index contributed by atoms with van der Waals surface area (Å²) in [5, 5.41) is 9.42. The van der Waals surface area contributed by atoms with Gasteiger partial charge in [0.25, 0.3) is 0 Å². The highest BCUT2D eigenvalue weighted by Crippen LogP contribution is 2.17. The normalized spacial score (nSPS) is 27.6. The van der Waals surface area contributed by atoms with Gasteiger partial charge in [-0.3, -0.25) is 0 Å². The second-order valence-corrected chi connectivity index (χ2v) is 4.62. The standard InChI is InChI=1S/C11H21N3O/c15-11(13-9-3-1-4-9)14-10-5-2-7-12-8-6-10/h9-10,12H,1-8H2,(H2,13,14,15). The van der Waals surface area contributed by atoms with Crippen molar-refractivity contribution in [1.29, 1.82) is 0 Å². The van der Waals surface area contributed by atoms with Crippen molar-refractivity contribution in [3.63, 3.8) is 0 Å². The van der Waals surface area contributed by atoms with Crippen LogP contribution in [0.3, 0.4) is 0 Å². The number of amides is 2. The smallest absolute Gasteiger partial charge is 0.315 e. The van der Waals surface area contributed by atoms with Gasteiger partial charge in [-0.1, -0.05) is 0 Å². The van der Waals surface area contributed by atoms with E-state index < -0.39 is 0 Å². The number of hydrogen-bond donors (Lipinski definition) is 3. The first-order chi connectivity index (χ1) is 7.34. The topological polar surface area (TPSA) is 53.2 Å². The van der Waals surface area contributed by atoms with Crippen molar-refractivity contribution in [1.82, 2.24) is 16.0 Å². The number of hydrogen-bond acceptors (Lipinski definition) is 2. The van der Waals surface area contributed by atoms with Crippen LogP contribution in [-0.4, -0.2) is 31.2 Å². The van der Waals surface area contributed by atoms with E-state index in [1.165, 1.54) is 6.42 Å². The van der Waals surface area contributed by atoms with Crippen molar-refractivity contribution >= 4 is 6.03 Å². The average molecular weight is 211 g/mol. The van der Waals surface area contributed by atoms with Gasteiger partial charge in [0, 0.05) is 12.1 Å². The quantitative estimate of drug-likeness (QED) is 0.638. The van der Waals surface area contributed by atoms with E-state index >= 15 is 0 Å². The number of carbonyl (C=O) groups excluding carboxylic acids is 1. The lowest BCUT2D eigenvalue weighted by atomic mass is 9.93. The maximum Gasteiger partial charge on any atom is 0.315 e. The van der Waals surface area contributed by atoms with Crippen LogP contribution in [0, 0.1) is 0 Å². The van der Waals surface area contributed by atoms with Crippen LogP contribution in [-0.2, 0) is 0 Å². The Labute approximate surface area is 91.2 Å². The minimum atomic E-state index is 0.0339. The van der Waals surface area contributed by atoms with Gasteiger partial charge in [-0.2, -0.15) is 0 Å². The van der Waals surface area contributed by atoms with Crippen LogP contribution in [0.2, 0.25) is 0 Å². The molecule has 2 aliphatic rings. The van der Waals surface area contributed by atoms with E-state index in [4.69, 9.17) is 0 Å². The summed E-state index contributed by atoms with van der Waals surface area (Å²) in [4.78, 5) is 11.6. The van der Waals surface area contributed by atoms with E-state index in [-0.39, 0.29) is 6.03 Å². The molecule has 0 spiro atoms. The summed E-state index contributed by atoms with van der Waals surface area (Å²) < 4.78 is 0. The molecule has 0 aromatic carbocycles. The Bertz CT molecular complexity index is 208. The molecule has 0 bridgehead atoms. The Balaban J connectivity index is 1.67. The van der Waals surface area contributed by atoms with Crippen LogP contribution in [0.25, 0.3) is 0 Å². The van der Waals surface area contributed by atoms with Crippen LogP contribution < -0.4 is 16.0 Å². The third-order valence-corrected chi connectivity index (χ3v) is 3.35. The molecule has 4 nitrogen and oxygen atoms in total. The first-order valence-corrected chi connectivity index (χ1v) is 6.12. The van der Waals surface area contributed by atoms with Crippen LogP contribution in [0.15, 0.2) is 0 Å². The molecule has 1 aliphatic heterocycles. The number of carbonyl (C=O) groups is 1. The van der Waals surface area contributed by atoms with Gasteiger partial charge in [0.05, 0.1) is 0 Å². The van der Waals surface area contributed by atoms with E-state index in [0.29, 0.717) is 12.1 Å². The maximum absolute atomic E-state index is 11.6. The zero-order chi connectivity index (χ0) is 10.5. The van der Waals surface area contributed by atoms with Crippen molar-refractivity contribution in [3.05, 3.63) is 0 Å². The summed E-state index contributed by atoms with van der Waals surface area (Å²) in [5.41, 5.74) is 0. The fourth-order valence-electron chi connectivity index (χ4n) is 2.13. The van der Waals surface area contributed by atoms with Crippen molar-refractivity contribution in [2.24, 2.45) is 0 Å². The molecular formula is C11H21N3O. The molecule has 1 unspecified atom stereocenters. The summed E-state index contributed by atoms with van der Waals surface area (Å²) >= 11 is 0. The van der Waals surface area contributed by atoms with E-state index in [2.05, 4.69) is 16.0 Å². The molecule has 1 heterocycles. The molecule has 0 aromatic heterocycles. The van der Waals surface area contributed by atoms with Gasteiger partial charge in [-0.25, -0.2) is 4.79 Å². The third-order valence-electron chi connectivity index (χ3n) is 3.35. The van der Waals surface area contributed by atoms with E-state index in [1.807, 2.05) is 0 Å². The molecule has 2 fully saturated rings. The molecule has 1 saturated heterocycles. The van der Waals surface area contributed by atoms with E-state index in [0.717, 1.165) is 45.2 Å². The first kappa shape index (κ1) is 10.7. The first-order valence-electron chi connectivity index (χ1n) is 6.12. The molecule has 1 atom stereocenters. The molecule has 2 rings (SSSR count). The molecule has 2 amide bonds. The summed E-state index contributed by atoms with van der Waals surface area (Å²) in [5.74, 6) is 0. The Hall–Kier alpha value is -0.770. The highest BCUT2D eigenvalue weighted by atomic mass is 16.2. The third kappa shape index (κ3) is 3.38. The van der Waals surface area contributed by atoms with Gasteiger partial charge >= 0.3 is 6.03 Å². The zero-order valence-electron chi connectivity index (χ0n) is 9.22. The highest BCUT2D eigenvalue weighted by molar-refractivity contribution is 5.74. The Morgan fingerprint density at radius 2 is 1.60 bits per heavy atom. The van der Waals surface area contributed by atoms with Gasteiger partial charge < -0.3 is 16.0 Å². The van der Waals surface area contributed by atoms with Gasteiger partial charge in [0.15, 0.2) is 0 Å². The number of rotatable bonds is 2. The lowest BCUT2D eigenvalue weighted by Gasteiger charge is -2.27. The fourth-order valence-corrected chi connectivity index (χ4v) is 2.13. The molecule has 3 N–H and O–H groups in total. The molecule has 1 saturated carbocycles. The largest absolute Gasteiger partial charge is 0.335 e. The molecule has 1 aliphatic carbocycles. The van der Waals surface area contributed by atoms with Crippen LogP contribution in [0.5, 0.6) is 0 Å². The molecule has 15 heavy (non-hydrogen) atoms. The predicted molar refractivity (Wildman–Crippen MR) is 59.8 cm³/mol. The molecule has 86 valence electrons. The lowest BCUT2D eigenvalue weighted by Crippen LogP contribution is -2.48. The summed E-state index contributed by atoms with van der Waals surface area (Å²) in [6.45, 7) is 2.11. The van der Waals surface area contributed by atoms with Crippen molar-refractivity contribution in [2.45, 2.75) is 50.6 Å². The van der Waals surface area contributed by atoms with Gasteiger partial charge in [0.2, 0.25) is 0 Å². The lowest BCUT2D eigenvalue weighted by molar-refractivity contribution is 0.223. The summed E-state index contributed by atoms with van der Waals surface area (Å²) in [6, 6.07) is 0.834. The maximum atomic E-state index is 11.6. The van der Waals surface area contributed by atoms with Crippen LogP contribution in [0.1, 0.15) is 38.5 Å². The predicted octanol–water partition coefficient (Wildman–Crippen LogP) is 0.980. The highest BCUT2D eigenvalue weighted by Gasteiger charge is 2.21. The SMILES string of the molecule is O=C(NC1CCC1)NC1CCCNCC1. The van der Waals surface area contributed by atoms with Crippen molar-refractivity contribution < 1.29 is 4.79 Å². The fraction of sp³-hybridized carbons (Fsp3) is 0.909. The van der Waals surface area contributed by atoms with Crippen LogP contribution >= 0.6 is 0 Å². The Morgan fingerprint density at radius 1 is 0.933 bits per heavy atom. The van der Waals surface area contributed by atoms with Crippen molar-refractivity contribution in [3.8, 4) is 0 Å². The van der Waals surface area contributed by atoms with Gasteiger partial charge in [-0.05, 0) is 51.6 Å².